The maximum absolute atomic E-state index is 11.9. The Morgan fingerprint density at radius 3 is 2.21 bits per heavy atom. The van der Waals surface area contributed by atoms with Gasteiger partial charge < -0.3 is 14.2 Å². The van der Waals surface area contributed by atoms with Gasteiger partial charge in [0.05, 0.1) is 26.7 Å². The van der Waals surface area contributed by atoms with Crippen molar-refractivity contribution >= 4 is 5.97 Å². The first-order valence-electron chi connectivity index (χ1n) is 10.4. The number of methoxy groups -OCH3 is 2. The minimum Gasteiger partial charge on any atom is -0.493 e. The number of hydrogen-bond acceptors (Lipinski definition) is 4. The fourth-order valence-corrected chi connectivity index (χ4v) is 3.32. The first-order chi connectivity index (χ1) is 13.3. The number of esters is 1. The van der Waals surface area contributed by atoms with Crippen LogP contribution >= 0.6 is 0 Å². The smallest absolute Gasteiger partial charge is 0.309 e. The van der Waals surface area contributed by atoms with Gasteiger partial charge in [-0.1, -0.05) is 45.9 Å². The Kier molecular flexibility index (Phi) is 10.7. The molecule has 2 atom stereocenters. The molecule has 1 aromatic rings. The lowest BCUT2D eigenvalue weighted by Gasteiger charge is -2.21. The van der Waals surface area contributed by atoms with E-state index in [2.05, 4.69) is 52.0 Å². The van der Waals surface area contributed by atoms with Crippen molar-refractivity contribution in [3.8, 4) is 11.5 Å². The van der Waals surface area contributed by atoms with Crippen molar-refractivity contribution in [3.63, 3.8) is 0 Å². The molecule has 0 bridgehead atoms. The summed E-state index contributed by atoms with van der Waals surface area (Å²) < 4.78 is 16.0. The van der Waals surface area contributed by atoms with Crippen LogP contribution in [0, 0.1) is 23.7 Å². The number of benzene rings is 1. The summed E-state index contributed by atoms with van der Waals surface area (Å²) >= 11 is 0. The van der Waals surface area contributed by atoms with Crippen molar-refractivity contribution in [1.82, 2.24) is 0 Å². The molecule has 1 aromatic carbocycles. The highest BCUT2D eigenvalue weighted by Gasteiger charge is 2.21. The number of rotatable bonds is 12. The lowest BCUT2D eigenvalue weighted by molar-refractivity contribution is -0.146. The molecule has 0 saturated heterocycles. The fourth-order valence-electron chi connectivity index (χ4n) is 3.32. The topological polar surface area (TPSA) is 44.8 Å². The second-order valence-corrected chi connectivity index (χ2v) is 7.94. The molecule has 0 radical (unpaired) electrons. The highest BCUT2D eigenvalue weighted by atomic mass is 16.5. The van der Waals surface area contributed by atoms with Gasteiger partial charge in [0.1, 0.15) is 0 Å². The zero-order valence-electron chi connectivity index (χ0n) is 18.7. The van der Waals surface area contributed by atoms with E-state index in [0.717, 1.165) is 30.8 Å². The second-order valence-electron chi connectivity index (χ2n) is 7.94. The average Bonchev–Trinajstić information content (AvgIpc) is 2.66. The number of allylic oxidation sites excluding steroid dienone is 2. The second kappa shape index (κ2) is 12.5. The molecule has 0 heterocycles. The summed E-state index contributed by atoms with van der Waals surface area (Å²) in [6, 6.07) is 6.19. The lowest BCUT2D eigenvalue weighted by atomic mass is 9.86. The summed E-state index contributed by atoms with van der Waals surface area (Å²) in [5, 5.41) is 0. The summed E-state index contributed by atoms with van der Waals surface area (Å²) in [4.78, 5) is 11.9. The van der Waals surface area contributed by atoms with Crippen LogP contribution in [0.25, 0.3) is 0 Å². The van der Waals surface area contributed by atoms with Gasteiger partial charge in [0.15, 0.2) is 11.5 Å². The molecule has 28 heavy (non-hydrogen) atoms. The molecule has 0 saturated carbocycles. The Balaban J connectivity index is 2.76. The Bertz CT molecular complexity index is 619. The molecule has 158 valence electrons. The molecule has 2 unspecified atom stereocenters. The number of ether oxygens (including phenoxy) is 3. The first kappa shape index (κ1) is 24.1. The van der Waals surface area contributed by atoms with E-state index in [4.69, 9.17) is 14.2 Å². The van der Waals surface area contributed by atoms with Crippen molar-refractivity contribution in [3.05, 3.63) is 35.9 Å². The largest absolute Gasteiger partial charge is 0.493 e. The molecule has 0 N–H and O–H groups in total. The highest BCUT2D eigenvalue weighted by Crippen LogP contribution is 2.31. The zero-order chi connectivity index (χ0) is 21.1. The summed E-state index contributed by atoms with van der Waals surface area (Å²) in [5.74, 6) is 2.73. The van der Waals surface area contributed by atoms with E-state index < -0.39 is 0 Å². The molecule has 0 aromatic heterocycles. The SMILES string of the molecule is CCOc1cc(CC(CC=CCC(C(=O)OC)C(C)C)C(C)C)ccc1OC. The first-order valence-corrected chi connectivity index (χ1v) is 10.4. The third kappa shape index (κ3) is 7.57. The average molecular weight is 391 g/mol. The summed E-state index contributed by atoms with van der Waals surface area (Å²) in [5.41, 5.74) is 1.26. The molecule has 0 aliphatic carbocycles. The van der Waals surface area contributed by atoms with Gasteiger partial charge >= 0.3 is 5.97 Å². The molecule has 0 amide bonds. The van der Waals surface area contributed by atoms with Gasteiger partial charge in [0, 0.05) is 0 Å². The van der Waals surface area contributed by atoms with Crippen molar-refractivity contribution in [2.24, 2.45) is 23.7 Å². The van der Waals surface area contributed by atoms with Crippen LogP contribution in [-0.2, 0) is 16.0 Å². The van der Waals surface area contributed by atoms with Crippen LogP contribution in [0.1, 0.15) is 53.0 Å². The van der Waals surface area contributed by atoms with Crippen LogP contribution < -0.4 is 9.47 Å². The van der Waals surface area contributed by atoms with E-state index >= 15 is 0 Å². The summed E-state index contributed by atoms with van der Waals surface area (Å²) in [6.45, 7) is 11.2. The van der Waals surface area contributed by atoms with Crippen LogP contribution in [0.5, 0.6) is 11.5 Å². The van der Waals surface area contributed by atoms with E-state index in [1.807, 2.05) is 13.0 Å². The van der Waals surface area contributed by atoms with Gasteiger partial charge in [0.2, 0.25) is 0 Å². The van der Waals surface area contributed by atoms with Crippen molar-refractivity contribution in [2.75, 3.05) is 20.8 Å². The normalized spacial score (nSPS) is 13.8. The molecule has 0 spiro atoms. The quantitative estimate of drug-likeness (QED) is 0.340. The molecule has 0 fully saturated rings. The van der Waals surface area contributed by atoms with Crippen LogP contribution in [0.3, 0.4) is 0 Å². The molecule has 4 nitrogen and oxygen atoms in total. The van der Waals surface area contributed by atoms with E-state index in [0.29, 0.717) is 18.4 Å². The summed E-state index contributed by atoms with van der Waals surface area (Å²) in [7, 11) is 3.12. The van der Waals surface area contributed by atoms with E-state index in [-0.39, 0.29) is 17.8 Å². The molecule has 0 aliphatic rings. The van der Waals surface area contributed by atoms with Crippen LogP contribution in [-0.4, -0.2) is 26.8 Å². The highest BCUT2D eigenvalue weighted by molar-refractivity contribution is 5.72. The zero-order valence-corrected chi connectivity index (χ0v) is 18.7. The van der Waals surface area contributed by atoms with Crippen LogP contribution in [0.4, 0.5) is 0 Å². The molecule has 0 aliphatic heterocycles. The predicted molar refractivity (Wildman–Crippen MR) is 115 cm³/mol. The Hall–Kier alpha value is -1.97. The van der Waals surface area contributed by atoms with Crippen LogP contribution in [0.15, 0.2) is 30.4 Å². The third-order valence-electron chi connectivity index (χ3n) is 5.27. The van der Waals surface area contributed by atoms with E-state index in [1.54, 1.807) is 7.11 Å². The Morgan fingerprint density at radius 1 is 1.00 bits per heavy atom. The van der Waals surface area contributed by atoms with Crippen molar-refractivity contribution in [1.29, 1.82) is 0 Å². The monoisotopic (exact) mass is 390 g/mol. The Morgan fingerprint density at radius 2 is 1.68 bits per heavy atom. The van der Waals surface area contributed by atoms with E-state index in [1.165, 1.54) is 12.7 Å². The van der Waals surface area contributed by atoms with Crippen LogP contribution in [0.2, 0.25) is 0 Å². The maximum atomic E-state index is 11.9. The minimum atomic E-state index is -0.123. The molecular formula is C24H38O4. The van der Waals surface area contributed by atoms with E-state index in [9.17, 15) is 4.79 Å². The van der Waals surface area contributed by atoms with Gasteiger partial charge in [-0.15, -0.1) is 0 Å². The minimum absolute atomic E-state index is 0.0749. The fraction of sp³-hybridized carbons (Fsp3) is 0.625. The Labute approximate surface area is 171 Å². The molecule has 4 heteroatoms. The van der Waals surface area contributed by atoms with Gasteiger partial charge in [-0.05, 0) is 61.6 Å². The standard InChI is InChI=1S/C24H38O4/c1-8-28-23-16-19(13-14-22(23)26-6)15-20(17(2)3)11-9-10-12-21(18(4)5)24(25)27-7/h9-10,13-14,16-18,20-21H,8,11-12,15H2,1-7H3. The molecular weight excluding hydrogens is 352 g/mol. The summed E-state index contributed by atoms with van der Waals surface area (Å²) in [6.07, 6.45) is 7.05. The van der Waals surface area contributed by atoms with Gasteiger partial charge in [-0.3, -0.25) is 4.79 Å². The van der Waals surface area contributed by atoms with Gasteiger partial charge in [-0.25, -0.2) is 0 Å². The lowest BCUT2D eigenvalue weighted by Crippen LogP contribution is -2.21. The third-order valence-corrected chi connectivity index (χ3v) is 5.27. The number of carbonyl (C=O) groups excluding carboxylic acids is 1. The van der Waals surface area contributed by atoms with Gasteiger partial charge in [0.25, 0.3) is 0 Å². The molecule has 1 rings (SSSR count). The van der Waals surface area contributed by atoms with Gasteiger partial charge in [-0.2, -0.15) is 0 Å². The number of hydrogen-bond donors (Lipinski definition) is 0. The maximum Gasteiger partial charge on any atom is 0.309 e. The van der Waals surface area contributed by atoms with Crippen molar-refractivity contribution in [2.45, 2.75) is 53.9 Å². The predicted octanol–water partition coefficient (Wildman–Crippen LogP) is 5.69. The number of carbonyl (C=O) groups is 1. The van der Waals surface area contributed by atoms with Crippen molar-refractivity contribution < 1.29 is 19.0 Å².